The zero-order valence-electron chi connectivity index (χ0n) is 18.5. The number of hydrogen-bond acceptors (Lipinski definition) is 5. The van der Waals surface area contributed by atoms with Crippen molar-refractivity contribution in [3.05, 3.63) is 83.0 Å². The second-order valence-corrected chi connectivity index (χ2v) is 9.40. The lowest BCUT2D eigenvalue weighted by atomic mass is 9.94. The second kappa shape index (κ2) is 9.73. The van der Waals surface area contributed by atoms with Crippen LogP contribution in [0.15, 0.2) is 81.0 Å². The molecule has 1 amide bonds. The van der Waals surface area contributed by atoms with Gasteiger partial charge < -0.3 is 9.52 Å². The van der Waals surface area contributed by atoms with Crippen molar-refractivity contribution in [2.45, 2.75) is 38.1 Å². The van der Waals surface area contributed by atoms with Gasteiger partial charge in [-0.05, 0) is 61.0 Å². The van der Waals surface area contributed by atoms with Gasteiger partial charge in [0.2, 0.25) is 0 Å². The van der Waals surface area contributed by atoms with Gasteiger partial charge in [0.25, 0.3) is 5.91 Å². The monoisotopic (exact) mass is 472 g/mol. The van der Waals surface area contributed by atoms with Crippen LogP contribution in [0.4, 0.5) is 5.69 Å². The first kappa shape index (κ1) is 22.2. The fraction of sp³-hybridized carbons (Fsp3) is 0.222. The van der Waals surface area contributed by atoms with Gasteiger partial charge >= 0.3 is 5.97 Å². The molecule has 34 heavy (non-hydrogen) atoms. The molecule has 0 spiro atoms. The van der Waals surface area contributed by atoms with Crippen molar-refractivity contribution in [3.8, 4) is 11.3 Å². The number of benzene rings is 2. The van der Waals surface area contributed by atoms with E-state index in [9.17, 15) is 9.59 Å². The van der Waals surface area contributed by atoms with Crippen molar-refractivity contribution in [2.24, 2.45) is 4.99 Å². The number of amidine groups is 1. The highest BCUT2D eigenvalue weighted by molar-refractivity contribution is 8.18. The summed E-state index contributed by atoms with van der Waals surface area (Å²) >= 11 is 1.38. The Balaban J connectivity index is 1.43. The third kappa shape index (κ3) is 4.70. The Kier molecular flexibility index (Phi) is 6.36. The molecule has 172 valence electrons. The first-order chi connectivity index (χ1) is 16.6. The molecular formula is C27H24N2O4S. The van der Waals surface area contributed by atoms with E-state index in [2.05, 4.69) is 0 Å². The van der Waals surface area contributed by atoms with E-state index in [0.29, 0.717) is 21.6 Å². The van der Waals surface area contributed by atoms with Crippen LogP contribution in [0.25, 0.3) is 17.4 Å². The molecule has 5 rings (SSSR count). The molecule has 2 fully saturated rings. The van der Waals surface area contributed by atoms with Crippen molar-refractivity contribution in [1.29, 1.82) is 0 Å². The Labute approximate surface area is 202 Å². The van der Waals surface area contributed by atoms with Gasteiger partial charge in [-0.1, -0.05) is 49.6 Å². The zero-order chi connectivity index (χ0) is 23.5. The molecule has 1 saturated heterocycles. The van der Waals surface area contributed by atoms with Crippen LogP contribution in [0.3, 0.4) is 0 Å². The maximum Gasteiger partial charge on any atom is 0.335 e. The summed E-state index contributed by atoms with van der Waals surface area (Å²) in [7, 11) is 0. The molecule has 7 heteroatoms. The smallest absolute Gasteiger partial charge is 0.335 e. The molecule has 2 heterocycles. The van der Waals surface area contributed by atoms with Gasteiger partial charge in [-0.3, -0.25) is 9.69 Å². The number of amides is 1. The molecule has 2 aromatic carbocycles. The topological polar surface area (TPSA) is 83.1 Å². The minimum atomic E-state index is -0.969. The van der Waals surface area contributed by atoms with Gasteiger partial charge in [-0.15, -0.1) is 0 Å². The second-order valence-electron chi connectivity index (χ2n) is 8.39. The van der Waals surface area contributed by atoms with E-state index < -0.39 is 5.97 Å². The van der Waals surface area contributed by atoms with E-state index in [1.165, 1.54) is 18.2 Å². The number of carbonyl (C=O) groups excluding carboxylic acids is 1. The fourth-order valence-corrected chi connectivity index (χ4v) is 5.37. The van der Waals surface area contributed by atoms with Crippen LogP contribution in [0.5, 0.6) is 0 Å². The van der Waals surface area contributed by atoms with E-state index in [0.717, 1.165) is 36.9 Å². The van der Waals surface area contributed by atoms with Crippen molar-refractivity contribution < 1.29 is 19.1 Å². The van der Waals surface area contributed by atoms with Crippen molar-refractivity contribution >= 4 is 40.6 Å². The van der Waals surface area contributed by atoms with Gasteiger partial charge in [-0.2, -0.15) is 0 Å². The number of nitrogens with zero attached hydrogens (tertiary/aromatic N) is 2. The standard InChI is InChI=1S/C27H24N2O4S/c30-25-24(17-22-15-16-23(33-22)18-11-13-19(14-12-18)26(31)32)34-27(28-20-7-3-1-4-8-20)29(25)21-9-5-2-6-10-21/h1,3-4,7-8,11-17,21H,2,5-6,9-10H2,(H,31,32)/b24-17-,28-27?. The summed E-state index contributed by atoms with van der Waals surface area (Å²) in [6, 6.07) is 20.0. The third-order valence-corrected chi connectivity index (χ3v) is 7.06. The summed E-state index contributed by atoms with van der Waals surface area (Å²) in [5, 5.41) is 9.80. The number of aromatic carboxylic acids is 1. The van der Waals surface area contributed by atoms with Crippen molar-refractivity contribution in [1.82, 2.24) is 4.90 Å². The Hall–Kier alpha value is -3.58. The summed E-state index contributed by atoms with van der Waals surface area (Å²) < 4.78 is 5.97. The van der Waals surface area contributed by atoms with Crippen molar-refractivity contribution in [2.75, 3.05) is 0 Å². The molecule has 1 saturated carbocycles. The highest BCUT2D eigenvalue weighted by Crippen LogP contribution is 2.39. The Morgan fingerprint density at radius 1 is 1.00 bits per heavy atom. The number of hydrogen-bond donors (Lipinski definition) is 1. The molecule has 2 aliphatic rings. The number of carbonyl (C=O) groups is 2. The largest absolute Gasteiger partial charge is 0.478 e. The van der Waals surface area contributed by atoms with Gasteiger partial charge in [0.15, 0.2) is 5.17 Å². The average Bonchev–Trinajstić information content (AvgIpc) is 3.45. The van der Waals surface area contributed by atoms with Crippen LogP contribution in [0.2, 0.25) is 0 Å². The van der Waals surface area contributed by atoms with E-state index >= 15 is 0 Å². The summed E-state index contributed by atoms with van der Waals surface area (Å²) in [6.07, 6.45) is 7.21. The Morgan fingerprint density at radius 2 is 1.74 bits per heavy atom. The number of para-hydroxylation sites is 1. The maximum absolute atomic E-state index is 13.4. The average molecular weight is 473 g/mol. The van der Waals surface area contributed by atoms with Gasteiger partial charge in [-0.25, -0.2) is 9.79 Å². The summed E-state index contributed by atoms with van der Waals surface area (Å²) in [4.78, 5) is 31.8. The van der Waals surface area contributed by atoms with Crippen LogP contribution in [-0.4, -0.2) is 33.1 Å². The predicted molar refractivity (Wildman–Crippen MR) is 134 cm³/mol. The lowest BCUT2D eigenvalue weighted by molar-refractivity contribution is -0.124. The molecule has 1 N–H and O–H groups in total. The molecule has 1 aromatic heterocycles. The minimum absolute atomic E-state index is 0.0321. The lowest BCUT2D eigenvalue weighted by Gasteiger charge is -2.30. The minimum Gasteiger partial charge on any atom is -0.478 e. The Bertz CT molecular complexity index is 1260. The molecule has 6 nitrogen and oxygen atoms in total. The SMILES string of the molecule is O=C(O)c1ccc(-c2ccc(/C=C3\SC(=Nc4ccccc4)N(C4CCCCC4)C3=O)o2)cc1. The van der Waals surface area contributed by atoms with E-state index in [1.54, 1.807) is 30.3 Å². The lowest BCUT2D eigenvalue weighted by Crippen LogP contribution is -2.40. The van der Waals surface area contributed by atoms with Gasteiger partial charge in [0, 0.05) is 17.7 Å². The zero-order valence-corrected chi connectivity index (χ0v) is 19.3. The molecule has 0 unspecified atom stereocenters. The number of furan rings is 1. The molecule has 3 aromatic rings. The van der Waals surface area contributed by atoms with Crippen LogP contribution in [0.1, 0.15) is 48.2 Å². The van der Waals surface area contributed by atoms with E-state index in [4.69, 9.17) is 14.5 Å². The number of carboxylic acid groups (broad SMARTS) is 1. The van der Waals surface area contributed by atoms with Crippen LogP contribution >= 0.6 is 11.8 Å². The quantitative estimate of drug-likeness (QED) is 0.424. The molecule has 1 aliphatic carbocycles. The highest BCUT2D eigenvalue weighted by Gasteiger charge is 2.38. The highest BCUT2D eigenvalue weighted by atomic mass is 32.2. The van der Waals surface area contributed by atoms with E-state index in [-0.39, 0.29) is 17.5 Å². The fourth-order valence-electron chi connectivity index (χ4n) is 4.33. The van der Waals surface area contributed by atoms with Gasteiger partial charge in [0.05, 0.1) is 16.2 Å². The normalized spacial score (nSPS) is 19.3. The van der Waals surface area contributed by atoms with Crippen LogP contribution in [-0.2, 0) is 4.79 Å². The first-order valence-corrected chi connectivity index (χ1v) is 12.2. The summed E-state index contributed by atoms with van der Waals surface area (Å²) in [5.74, 6) is 0.179. The first-order valence-electron chi connectivity index (χ1n) is 11.4. The maximum atomic E-state index is 13.4. The van der Waals surface area contributed by atoms with Crippen molar-refractivity contribution in [3.63, 3.8) is 0 Å². The summed E-state index contributed by atoms with van der Waals surface area (Å²) in [6.45, 7) is 0. The number of carboxylic acids is 1. The molecule has 0 bridgehead atoms. The third-order valence-electron chi connectivity index (χ3n) is 6.07. The predicted octanol–water partition coefficient (Wildman–Crippen LogP) is 6.58. The number of rotatable bonds is 5. The summed E-state index contributed by atoms with van der Waals surface area (Å²) in [5.41, 5.74) is 1.82. The molecule has 1 aliphatic heterocycles. The van der Waals surface area contributed by atoms with Gasteiger partial charge in [0.1, 0.15) is 11.5 Å². The molecular weight excluding hydrogens is 448 g/mol. The Morgan fingerprint density at radius 3 is 2.44 bits per heavy atom. The number of thioether (sulfide) groups is 1. The molecule has 0 radical (unpaired) electrons. The number of aliphatic imine (C=N–C) groups is 1. The van der Waals surface area contributed by atoms with Crippen LogP contribution in [0, 0.1) is 0 Å². The van der Waals surface area contributed by atoms with Crippen LogP contribution < -0.4 is 0 Å². The van der Waals surface area contributed by atoms with E-state index in [1.807, 2.05) is 47.4 Å². The molecule has 0 atom stereocenters.